The number of nitrogens with zero attached hydrogens (tertiary/aromatic N) is 4. The fourth-order valence-corrected chi connectivity index (χ4v) is 3.05. The van der Waals surface area contributed by atoms with E-state index in [0.717, 1.165) is 17.7 Å². The van der Waals surface area contributed by atoms with Crippen molar-refractivity contribution in [2.45, 2.75) is 19.3 Å². The highest BCUT2D eigenvalue weighted by Crippen LogP contribution is 2.27. The second-order valence-corrected chi connectivity index (χ2v) is 6.31. The molecular formula is C20H18N4O4. The third kappa shape index (κ3) is 3.90. The number of fused-ring (bicyclic) bond motifs is 1. The highest BCUT2D eigenvalue weighted by atomic mass is 16.5. The van der Waals surface area contributed by atoms with Gasteiger partial charge in [-0.1, -0.05) is 29.4 Å². The quantitative estimate of drug-likeness (QED) is 0.606. The van der Waals surface area contributed by atoms with Crippen molar-refractivity contribution in [3.05, 3.63) is 60.1 Å². The molecule has 8 nitrogen and oxygen atoms in total. The predicted molar refractivity (Wildman–Crippen MR) is 99.3 cm³/mol. The van der Waals surface area contributed by atoms with Gasteiger partial charge in [0.1, 0.15) is 5.69 Å². The van der Waals surface area contributed by atoms with Crippen LogP contribution in [0.1, 0.15) is 17.9 Å². The first-order valence-electron chi connectivity index (χ1n) is 8.98. The molecule has 0 atom stereocenters. The van der Waals surface area contributed by atoms with Gasteiger partial charge in [-0.3, -0.25) is 14.6 Å². The van der Waals surface area contributed by atoms with E-state index in [-0.39, 0.29) is 25.4 Å². The molecule has 0 spiro atoms. The molecule has 3 heterocycles. The monoisotopic (exact) mass is 378 g/mol. The average Bonchev–Trinajstić information content (AvgIpc) is 3.38. The van der Waals surface area contributed by atoms with E-state index in [1.54, 1.807) is 23.2 Å². The van der Waals surface area contributed by atoms with E-state index in [0.29, 0.717) is 24.0 Å². The molecule has 0 saturated heterocycles. The minimum atomic E-state index is -0.488. The molecule has 3 aromatic rings. The number of carbonyl (C=O) groups is 2. The summed E-state index contributed by atoms with van der Waals surface area (Å²) in [6.07, 6.45) is 2.73. The Hall–Kier alpha value is -3.55. The van der Waals surface area contributed by atoms with Crippen molar-refractivity contribution in [3.63, 3.8) is 0 Å². The highest BCUT2D eigenvalue weighted by molar-refractivity contribution is 5.97. The Balaban J connectivity index is 1.25. The second kappa shape index (κ2) is 7.99. The van der Waals surface area contributed by atoms with Gasteiger partial charge in [-0.2, -0.15) is 4.98 Å². The number of rotatable bonds is 6. The number of benzene rings is 1. The van der Waals surface area contributed by atoms with E-state index in [2.05, 4.69) is 15.1 Å². The van der Waals surface area contributed by atoms with Gasteiger partial charge in [-0.25, -0.2) is 0 Å². The van der Waals surface area contributed by atoms with Gasteiger partial charge in [0.2, 0.25) is 11.7 Å². The van der Waals surface area contributed by atoms with E-state index < -0.39 is 5.97 Å². The first-order chi connectivity index (χ1) is 13.7. The Morgan fingerprint density at radius 2 is 2.00 bits per heavy atom. The van der Waals surface area contributed by atoms with Crippen molar-refractivity contribution in [2.24, 2.45) is 0 Å². The van der Waals surface area contributed by atoms with E-state index in [1.165, 1.54) is 0 Å². The number of carbonyl (C=O) groups excluding carboxylic acids is 2. The Morgan fingerprint density at radius 1 is 1.14 bits per heavy atom. The molecule has 28 heavy (non-hydrogen) atoms. The van der Waals surface area contributed by atoms with Crippen molar-refractivity contribution in [1.82, 2.24) is 15.1 Å². The SMILES string of the molecule is O=C(CCc1nc(-c2ccccn2)no1)OCC(=O)N1CCc2ccccc21. The van der Waals surface area contributed by atoms with Crippen molar-refractivity contribution in [3.8, 4) is 11.5 Å². The third-order valence-corrected chi connectivity index (χ3v) is 4.45. The molecule has 4 rings (SSSR count). The zero-order valence-corrected chi connectivity index (χ0v) is 15.1. The van der Waals surface area contributed by atoms with Crippen LogP contribution in [-0.2, 0) is 27.2 Å². The molecule has 0 aliphatic carbocycles. The normalized spacial score (nSPS) is 12.6. The molecule has 142 valence electrons. The van der Waals surface area contributed by atoms with Gasteiger partial charge in [-0.05, 0) is 30.2 Å². The summed E-state index contributed by atoms with van der Waals surface area (Å²) in [5, 5.41) is 3.85. The van der Waals surface area contributed by atoms with Crippen LogP contribution in [-0.4, -0.2) is 40.2 Å². The van der Waals surface area contributed by atoms with Gasteiger partial charge in [0.05, 0.1) is 6.42 Å². The number of hydrogen-bond donors (Lipinski definition) is 0. The van der Waals surface area contributed by atoms with Crippen LogP contribution in [0.5, 0.6) is 0 Å². The predicted octanol–water partition coefficient (Wildman–Crippen LogP) is 2.20. The number of amides is 1. The fourth-order valence-electron chi connectivity index (χ4n) is 3.05. The van der Waals surface area contributed by atoms with Gasteiger partial charge in [-0.15, -0.1) is 0 Å². The fraction of sp³-hybridized carbons (Fsp3) is 0.250. The Bertz CT molecular complexity index is 987. The van der Waals surface area contributed by atoms with Gasteiger partial charge in [0.25, 0.3) is 5.91 Å². The van der Waals surface area contributed by atoms with Gasteiger partial charge in [0, 0.05) is 24.8 Å². The Kier molecular flexibility index (Phi) is 5.09. The molecule has 1 aromatic carbocycles. The summed E-state index contributed by atoms with van der Waals surface area (Å²) in [6, 6.07) is 13.1. The number of aromatic nitrogens is 3. The number of hydrogen-bond acceptors (Lipinski definition) is 7. The molecule has 1 aliphatic heterocycles. The van der Waals surface area contributed by atoms with E-state index >= 15 is 0 Å². The van der Waals surface area contributed by atoms with Crippen LogP contribution in [0.25, 0.3) is 11.5 Å². The molecule has 2 aromatic heterocycles. The van der Waals surface area contributed by atoms with Gasteiger partial charge in [0.15, 0.2) is 6.61 Å². The summed E-state index contributed by atoms with van der Waals surface area (Å²) in [6.45, 7) is 0.324. The molecule has 0 saturated carbocycles. The number of para-hydroxylation sites is 1. The minimum absolute atomic E-state index is 0.0493. The first-order valence-corrected chi connectivity index (χ1v) is 8.98. The zero-order valence-electron chi connectivity index (χ0n) is 15.1. The summed E-state index contributed by atoms with van der Waals surface area (Å²) in [7, 11) is 0. The minimum Gasteiger partial charge on any atom is -0.456 e. The smallest absolute Gasteiger partial charge is 0.306 e. The molecular weight excluding hydrogens is 360 g/mol. The van der Waals surface area contributed by atoms with Crippen LogP contribution in [0.15, 0.2) is 53.2 Å². The molecule has 1 amide bonds. The van der Waals surface area contributed by atoms with Crippen LogP contribution in [0.2, 0.25) is 0 Å². The van der Waals surface area contributed by atoms with Gasteiger partial charge >= 0.3 is 5.97 Å². The molecule has 0 fully saturated rings. The largest absolute Gasteiger partial charge is 0.456 e. The van der Waals surface area contributed by atoms with Crippen molar-refractivity contribution < 1.29 is 18.8 Å². The molecule has 8 heteroatoms. The number of pyridine rings is 1. The van der Waals surface area contributed by atoms with Crippen LogP contribution in [0.3, 0.4) is 0 Å². The van der Waals surface area contributed by atoms with Crippen molar-refractivity contribution >= 4 is 17.6 Å². The summed E-state index contributed by atoms with van der Waals surface area (Å²) >= 11 is 0. The summed E-state index contributed by atoms with van der Waals surface area (Å²) in [4.78, 5) is 34.3. The molecule has 0 unspecified atom stereocenters. The van der Waals surface area contributed by atoms with Crippen molar-refractivity contribution in [1.29, 1.82) is 0 Å². The lowest BCUT2D eigenvalue weighted by atomic mass is 10.2. The summed E-state index contributed by atoms with van der Waals surface area (Å²) < 4.78 is 10.2. The Morgan fingerprint density at radius 3 is 2.86 bits per heavy atom. The second-order valence-electron chi connectivity index (χ2n) is 6.31. The summed E-state index contributed by atoms with van der Waals surface area (Å²) in [5.41, 5.74) is 2.61. The van der Waals surface area contributed by atoms with Crippen LogP contribution < -0.4 is 4.90 Å². The zero-order chi connectivity index (χ0) is 19.3. The number of anilines is 1. The molecule has 0 radical (unpaired) electrons. The standard InChI is InChI=1S/C20H18N4O4/c25-18(24-12-10-14-5-1-2-7-16(14)24)13-27-19(26)9-8-17-22-20(23-28-17)15-6-3-4-11-21-15/h1-7,11H,8-10,12-13H2. The Labute approximate surface area is 161 Å². The first kappa shape index (κ1) is 17.8. The van der Waals surface area contributed by atoms with E-state index in [4.69, 9.17) is 9.26 Å². The number of esters is 1. The lowest BCUT2D eigenvalue weighted by Crippen LogP contribution is -2.33. The maximum atomic E-state index is 12.3. The number of ether oxygens (including phenoxy) is 1. The van der Waals surface area contributed by atoms with E-state index in [1.807, 2.05) is 30.3 Å². The molecule has 1 aliphatic rings. The lowest BCUT2D eigenvalue weighted by molar-refractivity contribution is -0.147. The van der Waals surface area contributed by atoms with Crippen LogP contribution in [0, 0.1) is 0 Å². The van der Waals surface area contributed by atoms with Gasteiger partial charge < -0.3 is 14.2 Å². The lowest BCUT2D eigenvalue weighted by Gasteiger charge is -2.17. The maximum absolute atomic E-state index is 12.3. The third-order valence-electron chi connectivity index (χ3n) is 4.45. The van der Waals surface area contributed by atoms with E-state index in [9.17, 15) is 9.59 Å². The molecule has 0 N–H and O–H groups in total. The topological polar surface area (TPSA) is 98.4 Å². The maximum Gasteiger partial charge on any atom is 0.306 e. The van der Waals surface area contributed by atoms with Crippen LogP contribution in [0.4, 0.5) is 5.69 Å². The van der Waals surface area contributed by atoms with Crippen molar-refractivity contribution in [2.75, 3.05) is 18.1 Å². The summed E-state index contributed by atoms with van der Waals surface area (Å²) in [5.74, 6) is -0.0313. The highest BCUT2D eigenvalue weighted by Gasteiger charge is 2.24. The van der Waals surface area contributed by atoms with Crippen LogP contribution >= 0.6 is 0 Å². The number of aryl methyl sites for hydroxylation is 1. The molecule has 0 bridgehead atoms. The average molecular weight is 378 g/mol.